The van der Waals surface area contributed by atoms with E-state index >= 15 is 0 Å². The largest absolute Gasteiger partial charge is 0.379 e. The molecular weight excluding hydrogens is 504 g/mol. The van der Waals surface area contributed by atoms with Crippen LogP contribution in [0.3, 0.4) is 0 Å². The van der Waals surface area contributed by atoms with Gasteiger partial charge in [-0.25, -0.2) is 0 Å². The van der Waals surface area contributed by atoms with Gasteiger partial charge in [-0.15, -0.1) is 0 Å². The van der Waals surface area contributed by atoms with Crippen molar-refractivity contribution < 1.29 is 42.6 Å². The molecule has 0 aromatic carbocycles. The molecule has 0 spiro atoms. The zero-order chi connectivity index (χ0) is 28.2. The fourth-order valence-corrected chi connectivity index (χ4v) is 3.45. The summed E-state index contributed by atoms with van der Waals surface area (Å²) in [6.45, 7) is 15.3. The molecule has 0 aliphatic rings. The van der Waals surface area contributed by atoms with Crippen LogP contribution in [0.4, 0.5) is 0 Å². The molecular formula is C30H62O9. The lowest BCUT2D eigenvalue weighted by molar-refractivity contribution is -0.0250. The van der Waals surface area contributed by atoms with Crippen LogP contribution < -0.4 is 0 Å². The summed E-state index contributed by atoms with van der Waals surface area (Å²) in [5, 5.41) is 0. The minimum atomic E-state index is 0.543. The number of unbranched alkanes of at least 4 members (excludes halogenated alkanes) is 8. The molecule has 0 bridgehead atoms. The highest BCUT2D eigenvalue weighted by Crippen LogP contribution is 2.08. The molecule has 0 saturated carbocycles. The molecule has 0 aromatic heterocycles. The Bertz CT molecular complexity index is 380. The SMILES string of the molecule is CCCCCCCCCCOCCOCCOCCOCCOCCOCCOCCOCCOCCCC. The van der Waals surface area contributed by atoms with Gasteiger partial charge in [0.2, 0.25) is 0 Å². The first-order valence-electron chi connectivity index (χ1n) is 15.6. The normalized spacial score (nSPS) is 11.5. The third-order valence-electron chi connectivity index (χ3n) is 5.76. The first-order valence-corrected chi connectivity index (χ1v) is 15.6. The summed E-state index contributed by atoms with van der Waals surface area (Å²) in [5.41, 5.74) is 0. The van der Waals surface area contributed by atoms with Crippen LogP contribution in [0, 0.1) is 0 Å². The molecule has 236 valence electrons. The smallest absolute Gasteiger partial charge is 0.0701 e. The van der Waals surface area contributed by atoms with Gasteiger partial charge in [0.25, 0.3) is 0 Å². The minimum Gasteiger partial charge on any atom is -0.379 e. The van der Waals surface area contributed by atoms with Crippen molar-refractivity contribution in [3.05, 3.63) is 0 Å². The number of rotatable bonds is 36. The van der Waals surface area contributed by atoms with Crippen LogP contribution in [0.1, 0.15) is 78.1 Å². The zero-order valence-electron chi connectivity index (χ0n) is 25.5. The maximum Gasteiger partial charge on any atom is 0.0701 e. The Morgan fingerprint density at radius 2 is 0.410 bits per heavy atom. The molecule has 0 N–H and O–H groups in total. The van der Waals surface area contributed by atoms with Crippen LogP contribution in [0.5, 0.6) is 0 Å². The maximum atomic E-state index is 5.62. The highest BCUT2D eigenvalue weighted by Gasteiger charge is 1.96. The van der Waals surface area contributed by atoms with E-state index in [1.807, 2.05) is 0 Å². The summed E-state index contributed by atoms with van der Waals surface area (Å²) >= 11 is 0. The number of hydrogen-bond donors (Lipinski definition) is 0. The summed E-state index contributed by atoms with van der Waals surface area (Å²) in [6, 6.07) is 0. The van der Waals surface area contributed by atoms with Gasteiger partial charge in [-0.1, -0.05) is 65.2 Å². The molecule has 0 fully saturated rings. The van der Waals surface area contributed by atoms with Gasteiger partial charge in [0.05, 0.1) is 106 Å². The van der Waals surface area contributed by atoms with Crippen molar-refractivity contribution in [2.45, 2.75) is 78.1 Å². The van der Waals surface area contributed by atoms with Gasteiger partial charge in [0.1, 0.15) is 0 Å². The molecule has 0 aliphatic carbocycles. The molecule has 0 unspecified atom stereocenters. The minimum absolute atomic E-state index is 0.543. The fraction of sp³-hybridized carbons (Fsp3) is 1.00. The van der Waals surface area contributed by atoms with Crippen molar-refractivity contribution in [2.75, 3.05) is 119 Å². The van der Waals surface area contributed by atoms with E-state index in [1.165, 1.54) is 44.9 Å². The highest BCUT2D eigenvalue weighted by atomic mass is 16.6. The van der Waals surface area contributed by atoms with Crippen molar-refractivity contribution in [1.29, 1.82) is 0 Å². The Labute approximate surface area is 239 Å². The standard InChI is InChI=1S/C30H62O9/c1-3-5-7-8-9-10-11-12-14-32-16-18-34-20-22-36-24-26-38-28-30-39-29-27-37-25-23-35-21-19-33-17-15-31-13-6-4-2/h3-30H2,1-2H3. The molecule has 0 heterocycles. The first-order chi connectivity index (χ1) is 19.4. The second-order valence-corrected chi connectivity index (χ2v) is 9.34. The Morgan fingerprint density at radius 3 is 0.692 bits per heavy atom. The molecule has 0 saturated heterocycles. The van der Waals surface area contributed by atoms with Gasteiger partial charge in [0.15, 0.2) is 0 Å². The Kier molecular flexibility index (Phi) is 37.3. The van der Waals surface area contributed by atoms with Crippen LogP contribution >= 0.6 is 0 Å². The molecule has 0 amide bonds. The summed E-state index contributed by atoms with van der Waals surface area (Å²) in [5.74, 6) is 0. The van der Waals surface area contributed by atoms with E-state index in [0.29, 0.717) is 106 Å². The van der Waals surface area contributed by atoms with Crippen molar-refractivity contribution in [2.24, 2.45) is 0 Å². The molecule has 39 heavy (non-hydrogen) atoms. The van der Waals surface area contributed by atoms with Crippen LogP contribution in [0.15, 0.2) is 0 Å². The van der Waals surface area contributed by atoms with Gasteiger partial charge in [-0.05, 0) is 12.8 Å². The van der Waals surface area contributed by atoms with Gasteiger partial charge in [-0.3, -0.25) is 0 Å². The maximum absolute atomic E-state index is 5.62. The lowest BCUT2D eigenvalue weighted by Gasteiger charge is -2.09. The topological polar surface area (TPSA) is 83.1 Å². The number of hydrogen-bond acceptors (Lipinski definition) is 9. The van der Waals surface area contributed by atoms with E-state index in [4.69, 9.17) is 42.6 Å². The molecule has 0 radical (unpaired) electrons. The third kappa shape index (κ3) is 37.6. The van der Waals surface area contributed by atoms with E-state index in [0.717, 1.165) is 32.5 Å². The lowest BCUT2D eigenvalue weighted by atomic mass is 10.1. The van der Waals surface area contributed by atoms with E-state index in [-0.39, 0.29) is 0 Å². The van der Waals surface area contributed by atoms with E-state index in [1.54, 1.807) is 0 Å². The number of ether oxygens (including phenoxy) is 9. The molecule has 9 nitrogen and oxygen atoms in total. The third-order valence-corrected chi connectivity index (χ3v) is 5.76. The molecule has 0 atom stereocenters. The quantitative estimate of drug-likeness (QED) is 0.0965. The molecule has 0 rings (SSSR count). The predicted molar refractivity (Wildman–Crippen MR) is 155 cm³/mol. The van der Waals surface area contributed by atoms with Crippen LogP contribution in [-0.4, -0.2) is 119 Å². The van der Waals surface area contributed by atoms with Gasteiger partial charge < -0.3 is 42.6 Å². The average Bonchev–Trinajstić information content (AvgIpc) is 2.95. The van der Waals surface area contributed by atoms with Crippen molar-refractivity contribution in [3.63, 3.8) is 0 Å². The molecule has 0 aromatic rings. The van der Waals surface area contributed by atoms with Gasteiger partial charge >= 0.3 is 0 Å². The average molecular weight is 567 g/mol. The summed E-state index contributed by atoms with van der Waals surface area (Å²) in [4.78, 5) is 0. The van der Waals surface area contributed by atoms with E-state index in [2.05, 4.69) is 13.8 Å². The summed E-state index contributed by atoms with van der Waals surface area (Å²) in [6.07, 6.45) is 12.8. The molecule has 9 heteroatoms. The van der Waals surface area contributed by atoms with Crippen LogP contribution in [-0.2, 0) is 42.6 Å². The lowest BCUT2D eigenvalue weighted by Crippen LogP contribution is -2.15. The van der Waals surface area contributed by atoms with Crippen molar-refractivity contribution >= 4 is 0 Å². The summed E-state index contributed by atoms with van der Waals surface area (Å²) < 4.78 is 49.4. The Morgan fingerprint density at radius 1 is 0.205 bits per heavy atom. The monoisotopic (exact) mass is 566 g/mol. The Hall–Kier alpha value is -0.360. The highest BCUT2D eigenvalue weighted by molar-refractivity contribution is 4.46. The van der Waals surface area contributed by atoms with Gasteiger partial charge in [0, 0.05) is 13.2 Å². The van der Waals surface area contributed by atoms with Crippen molar-refractivity contribution in [1.82, 2.24) is 0 Å². The van der Waals surface area contributed by atoms with Gasteiger partial charge in [-0.2, -0.15) is 0 Å². The molecule has 0 aliphatic heterocycles. The second-order valence-electron chi connectivity index (χ2n) is 9.34. The second kappa shape index (κ2) is 37.6. The van der Waals surface area contributed by atoms with E-state index in [9.17, 15) is 0 Å². The Balaban J connectivity index is 3.01. The van der Waals surface area contributed by atoms with Crippen LogP contribution in [0.2, 0.25) is 0 Å². The van der Waals surface area contributed by atoms with Crippen LogP contribution in [0.25, 0.3) is 0 Å². The summed E-state index contributed by atoms with van der Waals surface area (Å²) in [7, 11) is 0. The fourth-order valence-electron chi connectivity index (χ4n) is 3.45. The predicted octanol–water partition coefficient (Wildman–Crippen LogP) is 5.08. The van der Waals surface area contributed by atoms with Crippen molar-refractivity contribution in [3.8, 4) is 0 Å². The zero-order valence-corrected chi connectivity index (χ0v) is 25.5. The van der Waals surface area contributed by atoms with E-state index < -0.39 is 0 Å². The first kappa shape index (κ1) is 38.6.